The Kier molecular flexibility index (Phi) is 8.83. The third-order valence-electron chi connectivity index (χ3n) is 8.35. The van der Waals surface area contributed by atoms with E-state index in [1.54, 1.807) is 68.0 Å². The van der Waals surface area contributed by atoms with Gasteiger partial charge in [-0.1, -0.05) is 51.4 Å². The third kappa shape index (κ3) is 6.38. The summed E-state index contributed by atoms with van der Waals surface area (Å²) < 4.78 is 0. The van der Waals surface area contributed by atoms with Crippen LogP contribution >= 0.6 is 68.0 Å². The Bertz CT molecular complexity index is 2140. The van der Waals surface area contributed by atoms with E-state index >= 15 is 0 Å². The molecule has 0 bridgehead atoms. The number of carbonyl (C=O) groups is 2. The fourth-order valence-electron chi connectivity index (χ4n) is 6.40. The van der Waals surface area contributed by atoms with Crippen LogP contribution in [0.5, 0.6) is 0 Å². The highest BCUT2D eigenvalue weighted by Crippen LogP contribution is 2.51. The molecule has 8 heterocycles. The average molecular weight is 801 g/mol. The van der Waals surface area contributed by atoms with Gasteiger partial charge in [-0.15, -0.1) is 68.0 Å². The lowest BCUT2D eigenvalue weighted by molar-refractivity contribution is -0.123. The second kappa shape index (κ2) is 12.9. The van der Waals surface area contributed by atoms with Gasteiger partial charge in [0.05, 0.1) is 48.4 Å². The van der Waals surface area contributed by atoms with Crippen LogP contribution in [0.15, 0.2) is 94.7 Å². The van der Waals surface area contributed by atoms with Gasteiger partial charge < -0.3 is 9.80 Å². The minimum atomic E-state index is -1.77. The zero-order valence-corrected chi connectivity index (χ0v) is 35.6. The van der Waals surface area contributed by atoms with Gasteiger partial charge in [-0.2, -0.15) is 0 Å². The first-order valence-electron chi connectivity index (χ1n) is 16.5. The molecule has 6 aromatic heterocycles. The summed E-state index contributed by atoms with van der Waals surface area (Å²) >= 11 is 10.5. The van der Waals surface area contributed by atoms with E-state index < -0.39 is 16.1 Å². The summed E-state index contributed by atoms with van der Waals surface area (Å²) in [6, 6.07) is 25.8. The van der Waals surface area contributed by atoms with E-state index in [1.165, 1.54) is 29.3 Å². The van der Waals surface area contributed by atoms with E-state index in [0.717, 1.165) is 30.9 Å². The molecule has 0 radical (unpaired) electrons. The summed E-state index contributed by atoms with van der Waals surface area (Å²) in [5, 5.41) is 4.22. The number of carbonyl (C=O) groups excluding carboxylic acids is 2. The topological polar surface area (TPSA) is 40.6 Å². The van der Waals surface area contributed by atoms with Gasteiger partial charge in [0.15, 0.2) is 0 Å². The maximum Gasteiger partial charge on any atom is 0.261 e. The molecule has 2 aliphatic rings. The van der Waals surface area contributed by atoms with E-state index in [1.807, 2.05) is 9.80 Å². The van der Waals surface area contributed by atoms with Crippen molar-refractivity contribution in [1.82, 2.24) is 9.80 Å². The van der Waals surface area contributed by atoms with Crippen molar-refractivity contribution in [3.8, 4) is 39.0 Å². The summed E-state index contributed by atoms with van der Waals surface area (Å²) in [5.41, 5.74) is 2.78. The smallest absolute Gasteiger partial charge is 0.261 e. The van der Waals surface area contributed by atoms with E-state index in [9.17, 15) is 9.59 Å². The molecule has 0 spiro atoms. The number of amides is 2. The predicted octanol–water partition coefficient (Wildman–Crippen LogP) is 12.3. The van der Waals surface area contributed by atoms with Crippen molar-refractivity contribution in [2.45, 2.75) is 39.3 Å². The molecule has 254 valence electrons. The van der Waals surface area contributed by atoms with Crippen LogP contribution < -0.4 is 0 Å². The highest BCUT2D eigenvalue weighted by molar-refractivity contribution is 7.27. The first kappa shape index (κ1) is 34.2. The summed E-state index contributed by atoms with van der Waals surface area (Å²) in [6.45, 7) is 13.7. The summed E-state index contributed by atoms with van der Waals surface area (Å²) in [5.74, 6) is -0.0630. The summed E-state index contributed by atoms with van der Waals surface area (Å²) in [4.78, 5) is 45.3. The van der Waals surface area contributed by atoms with Crippen molar-refractivity contribution in [3.05, 3.63) is 104 Å². The van der Waals surface area contributed by atoms with Crippen molar-refractivity contribution < 1.29 is 9.59 Å². The van der Waals surface area contributed by atoms with Gasteiger partial charge in [0.1, 0.15) is 0 Å². The first-order valence-corrected chi connectivity index (χ1v) is 28.9. The first-order chi connectivity index (χ1) is 23.8. The maximum atomic E-state index is 14.8. The number of fused-ring (bicyclic) bond motifs is 1. The Morgan fingerprint density at radius 1 is 0.440 bits per heavy atom. The van der Waals surface area contributed by atoms with Crippen LogP contribution in [0, 0.1) is 0 Å². The molecule has 0 fully saturated rings. The Balaban J connectivity index is 1.25. The molecule has 0 atom stereocenters. The molecule has 0 saturated carbocycles. The van der Waals surface area contributed by atoms with Gasteiger partial charge in [0.2, 0.25) is 0 Å². The molecule has 0 unspecified atom stereocenters. The minimum Gasteiger partial charge on any atom is -0.309 e. The van der Waals surface area contributed by atoms with E-state index in [-0.39, 0.29) is 11.8 Å². The second-order valence-electron chi connectivity index (χ2n) is 15.0. The standard InChI is InChI=1S/C38H36N2O2S6Si2/c1-49(2,3)21-39-35(31-17-15-29(47-31)27-13-11-25(45-27)23-9-7-19-43-23)33-34(37(39)41)36(40(38(33)42)22-50(4,5)6)32-18-16-30(48-32)28-14-12-26(46-28)24-10-8-20-44-24/h7-20H,21-22H2,1-6H3. The lowest BCUT2D eigenvalue weighted by Crippen LogP contribution is -2.43. The molecule has 4 nitrogen and oxygen atoms in total. The van der Waals surface area contributed by atoms with Crippen LogP contribution in [-0.2, 0) is 9.59 Å². The molecule has 12 heteroatoms. The van der Waals surface area contributed by atoms with E-state index in [2.05, 4.69) is 123 Å². The van der Waals surface area contributed by atoms with E-state index in [4.69, 9.17) is 0 Å². The molecule has 0 aromatic carbocycles. The van der Waals surface area contributed by atoms with Crippen LogP contribution in [0.3, 0.4) is 0 Å². The van der Waals surface area contributed by atoms with Gasteiger partial charge in [0, 0.05) is 51.4 Å². The molecule has 0 N–H and O–H groups in total. The van der Waals surface area contributed by atoms with Gasteiger partial charge in [-0.3, -0.25) is 9.59 Å². The van der Waals surface area contributed by atoms with Crippen molar-refractivity contribution >= 4 is 107 Å². The normalized spacial score (nSPS) is 15.4. The Morgan fingerprint density at radius 2 is 0.740 bits per heavy atom. The zero-order valence-electron chi connectivity index (χ0n) is 28.7. The van der Waals surface area contributed by atoms with Crippen molar-refractivity contribution in [2.24, 2.45) is 0 Å². The summed E-state index contributed by atoms with van der Waals surface area (Å²) in [6.07, 6.45) is 1.32. The molecule has 0 saturated heterocycles. The van der Waals surface area contributed by atoms with E-state index in [0.29, 0.717) is 23.5 Å². The molecule has 6 aromatic rings. The molecular weight excluding hydrogens is 765 g/mol. The Hall–Kier alpha value is -2.95. The molecule has 2 aliphatic heterocycles. The van der Waals surface area contributed by atoms with Crippen LogP contribution in [0.1, 0.15) is 9.75 Å². The minimum absolute atomic E-state index is 0.0315. The zero-order chi connectivity index (χ0) is 34.9. The Labute approximate surface area is 319 Å². The van der Waals surface area contributed by atoms with Crippen LogP contribution in [-0.4, -0.2) is 50.1 Å². The molecule has 8 rings (SSSR count). The number of hydrogen-bond acceptors (Lipinski definition) is 8. The fraction of sp³-hybridized carbons (Fsp3) is 0.211. The SMILES string of the molecule is C[Si](C)(C)CN1C(=O)C2=C(c3ccc(-c4ccc(-c5cccs5)s4)s3)N(C[Si](C)(C)C)C(=O)C2=C1c1ccc(-c2ccc(-c3cccs3)s2)s1. The second-order valence-corrected chi connectivity index (χ2v) is 32.1. The van der Waals surface area contributed by atoms with Gasteiger partial charge in [-0.25, -0.2) is 0 Å². The highest BCUT2D eigenvalue weighted by atomic mass is 32.1. The molecule has 50 heavy (non-hydrogen) atoms. The fourth-order valence-corrected chi connectivity index (χ4v) is 14.9. The van der Waals surface area contributed by atoms with Gasteiger partial charge in [0.25, 0.3) is 11.8 Å². The number of hydrogen-bond donors (Lipinski definition) is 0. The average Bonchev–Trinajstić information content (AvgIpc) is 3.88. The predicted molar refractivity (Wildman–Crippen MR) is 226 cm³/mol. The lowest BCUT2D eigenvalue weighted by Gasteiger charge is -2.30. The lowest BCUT2D eigenvalue weighted by atomic mass is 10.1. The number of thiophene rings is 6. The van der Waals surface area contributed by atoms with Crippen molar-refractivity contribution in [3.63, 3.8) is 0 Å². The van der Waals surface area contributed by atoms with Crippen LogP contribution in [0.4, 0.5) is 0 Å². The third-order valence-corrected chi connectivity index (χ3v) is 17.8. The van der Waals surface area contributed by atoms with Crippen LogP contribution in [0.2, 0.25) is 39.3 Å². The quantitative estimate of drug-likeness (QED) is 0.130. The van der Waals surface area contributed by atoms with Gasteiger partial charge >= 0.3 is 0 Å². The molecule has 0 aliphatic carbocycles. The van der Waals surface area contributed by atoms with Crippen molar-refractivity contribution in [1.29, 1.82) is 0 Å². The number of rotatable bonds is 10. The van der Waals surface area contributed by atoms with Crippen LogP contribution in [0.25, 0.3) is 50.4 Å². The largest absolute Gasteiger partial charge is 0.309 e. The van der Waals surface area contributed by atoms with Crippen molar-refractivity contribution in [2.75, 3.05) is 12.3 Å². The molecule has 2 amide bonds. The Morgan fingerprint density at radius 3 is 1.04 bits per heavy atom. The van der Waals surface area contributed by atoms with Gasteiger partial charge in [-0.05, 0) is 71.4 Å². The molecular formula is C38H36N2O2S6Si2. The number of nitrogens with zero attached hydrogens (tertiary/aromatic N) is 2. The summed E-state index contributed by atoms with van der Waals surface area (Å²) in [7, 11) is -3.53. The monoisotopic (exact) mass is 800 g/mol. The maximum absolute atomic E-state index is 14.8. The highest BCUT2D eigenvalue weighted by Gasteiger charge is 2.50.